The van der Waals surface area contributed by atoms with Crippen molar-refractivity contribution in [2.45, 2.75) is 18.7 Å². The number of halogens is 1. The molecule has 1 aromatic heterocycles. The van der Waals surface area contributed by atoms with Crippen LogP contribution >= 0.6 is 0 Å². The summed E-state index contributed by atoms with van der Waals surface area (Å²) in [5, 5.41) is 16.7. The summed E-state index contributed by atoms with van der Waals surface area (Å²) >= 11 is 0. The van der Waals surface area contributed by atoms with Crippen molar-refractivity contribution in [1.29, 1.82) is 0 Å². The minimum atomic E-state index is -3.60. The summed E-state index contributed by atoms with van der Waals surface area (Å²) in [5.41, 5.74) is 1.50. The van der Waals surface area contributed by atoms with Crippen LogP contribution in [0.2, 0.25) is 0 Å². The van der Waals surface area contributed by atoms with Gasteiger partial charge in [0.15, 0.2) is 9.84 Å². The maximum absolute atomic E-state index is 14.0. The zero-order valence-electron chi connectivity index (χ0n) is 17.5. The molecule has 0 saturated carbocycles. The summed E-state index contributed by atoms with van der Waals surface area (Å²) in [5.74, 6) is -1.20. The molecule has 0 aliphatic heterocycles. The van der Waals surface area contributed by atoms with Crippen molar-refractivity contribution in [2.24, 2.45) is 0 Å². The van der Waals surface area contributed by atoms with Gasteiger partial charge >= 0.3 is 0 Å². The third kappa shape index (κ3) is 4.97. The average molecular weight is 461 g/mol. The number of hydrogen-bond acceptors (Lipinski definition) is 8. The highest BCUT2D eigenvalue weighted by Crippen LogP contribution is 2.27. The van der Waals surface area contributed by atoms with Gasteiger partial charge in [0, 0.05) is 31.5 Å². The zero-order valence-corrected chi connectivity index (χ0v) is 18.3. The molecular weight excluding hydrogens is 441 g/mol. The summed E-state index contributed by atoms with van der Waals surface area (Å²) in [6, 6.07) is 5.79. The largest absolute Gasteiger partial charge is 0.378 e. The van der Waals surface area contributed by atoms with Gasteiger partial charge in [0.2, 0.25) is 0 Å². The minimum absolute atomic E-state index is 0.0269. The van der Waals surface area contributed by atoms with E-state index in [1.807, 2.05) is 0 Å². The number of aromatic nitrogens is 2. The molecule has 0 spiro atoms. The molecule has 168 valence electrons. The number of aryl methyl sites for hydroxylation is 2. The minimum Gasteiger partial charge on any atom is -0.378 e. The van der Waals surface area contributed by atoms with Crippen LogP contribution in [0.5, 0.6) is 0 Å². The number of nitro benzene ring substituents is 1. The van der Waals surface area contributed by atoms with Gasteiger partial charge in [-0.1, -0.05) is 0 Å². The van der Waals surface area contributed by atoms with Crippen LogP contribution in [-0.4, -0.2) is 48.6 Å². The number of benzene rings is 2. The zero-order chi connectivity index (χ0) is 23.6. The van der Waals surface area contributed by atoms with Crippen molar-refractivity contribution < 1.29 is 22.5 Å². The first-order valence-electron chi connectivity index (χ1n) is 9.42. The van der Waals surface area contributed by atoms with Gasteiger partial charge in [-0.25, -0.2) is 22.8 Å². The molecule has 12 heteroatoms. The first kappa shape index (κ1) is 23.0. The number of nitrogens with one attached hydrogen (secondary N) is 2. The molecule has 2 aromatic carbocycles. The molecule has 0 radical (unpaired) electrons. The lowest BCUT2D eigenvalue weighted by Crippen LogP contribution is -2.29. The summed E-state index contributed by atoms with van der Waals surface area (Å²) < 4.78 is 37.2. The van der Waals surface area contributed by atoms with E-state index in [9.17, 15) is 27.7 Å². The lowest BCUT2D eigenvalue weighted by atomic mass is 10.1. The van der Waals surface area contributed by atoms with Crippen LogP contribution in [-0.2, 0) is 9.84 Å². The third-order valence-electron chi connectivity index (χ3n) is 4.71. The average Bonchev–Trinajstić information content (AvgIpc) is 2.70. The fraction of sp³-hybridized carbons (Fsp3) is 0.250. The molecule has 32 heavy (non-hydrogen) atoms. The Morgan fingerprint density at radius 3 is 2.47 bits per heavy atom. The van der Waals surface area contributed by atoms with E-state index in [2.05, 4.69) is 20.6 Å². The molecule has 0 bridgehead atoms. The molecule has 0 aliphatic rings. The summed E-state index contributed by atoms with van der Waals surface area (Å²) in [4.78, 5) is 31.6. The SMILES string of the molecule is Cc1nc2cc(F)cc(C(=O)NCCNc3ccc(S(C)(=O)=O)cc3[N+](=O)[O-])c2nc1C. The second kappa shape index (κ2) is 8.83. The van der Waals surface area contributed by atoms with E-state index in [1.165, 1.54) is 18.2 Å². The maximum Gasteiger partial charge on any atom is 0.293 e. The van der Waals surface area contributed by atoms with Crippen LogP contribution in [0.4, 0.5) is 15.8 Å². The Balaban J connectivity index is 1.72. The Morgan fingerprint density at radius 2 is 1.81 bits per heavy atom. The van der Waals surface area contributed by atoms with Crippen LogP contribution in [0.25, 0.3) is 11.0 Å². The number of carbonyl (C=O) groups excluding carboxylic acids is 1. The number of anilines is 1. The lowest BCUT2D eigenvalue weighted by Gasteiger charge is -2.11. The summed E-state index contributed by atoms with van der Waals surface area (Å²) in [7, 11) is -3.60. The van der Waals surface area contributed by atoms with Crippen LogP contribution in [0.3, 0.4) is 0 Å². The highest BCUT2D eigenvalue weighted by atomic mass is 32.2. The number of hydrogen-bond donors (Lipinski definition) is 2. The van der Waals surface area contributed by atoms with Gasteiger partial charge < -0.3 is 10.6 Å². The standard InChI is InChI=1S/C20H20FN5O5S/c1-11-12(2)25-19-15(8-13(21)9-17(19)24-11)20(27)23-7-6-22-16-5-4-14(32(3,30)31)10-18(16)26(28)29/h4-5,8-10,22H,6-7H2,1-3H3,(H,23,27). The normalized spacial score (nSPS) is 11.4. The Hall–Kier alpha value is -3.67. The Labute approximate surface area is 183 Å². The summed E-state index contributed by atoms with van der Waals surface area (Å²) in [6.07, 6.45) is 0.956. The van der Waals surface area contributed by atoms with E-state index in [0.717, 1.165) is 18.4 Å². The molecule has 0 aliphatic carbocycles. The van der Waals surface area contributed by atoms with Gasteiger partial charge in [-0.05, 0) is 32.0 Å². The van der Waals surface area contributed by atoms with E-state index in [-0.39, 0.29) is 40.3 Å². The number of sulfone groups is 1. The van der Waals surface area contributed by atoms with Gasteiger partial charge in [-0.3, -0.25) is 14.9 Å². The smallest absolute Gasteiger partial charge is 0.293 e. The molecule has 0 atom stereocenters. The molecule has 2 N–H and O–H groups in total. The number of nitrogens with zero attached hydrogens (tertiary/aromatic N) is 3. The fourth-order valence-electron chi connectivity index (χ4n) is 2.98. The van der Waals surface area contributed by atoms with Crippen molar-refractivity contribution >= 4 is 38.2 Å². The quantitative estimate of drug-likeness (QED) is 0.310. The van der Waals surface area contributed by atoms with E-state index in [0.29, 0.717) is 11.4 Å². The Kier molecular flexibility index (Phi) is 6.35. The van der Waals surface area contributed by atoms with Crippen molar-refractivity contribution in [1.82, 2.24) is 15.3 Å². The van der Waals surface area contributed by atoms with E-state index in [1.54, 1.807) is 13.8 Å². The second-order valence-electron chi connectivity index (χ2n) is 7.11. The molecule has 3 aromatic rings. The van der Waals surface area contributed by atoms with E-state index >= 15 is 0 Å². The monoisotopic (exact) mass is 461 g/mol. The van der Waals surface area contributed by atoms with Gasteiger partial charge in [-0.15, -0.1) is 0 Å². The molecule has 0 saturated heterocycles. The van der Waals surface area contributed by atoms with Crippen LogP contribution in [0, 0.1) is 29.8 Å². The van der Waals surface area contributed by atoms with Gasteiger partial charge in [0.05, 0.1) is 32.3 Å². The molecule has 1 amide bonds. The first-order chi connectivity index (χ1) is 15.0. The predicted molar refractivity (Wildman–Crippen MR) is 116 cm³/mol. The first-order valence-corrected chi connectivity index (χ1v) is 11.3. The van der Waals surface area contributed by atoms with Crippen LogP contribution in [0.1, 0.15) is 21.7 Å². The van der Waals surface area contributed by atoms with Gasteiger partial charge in [0.1, 0.15) is 17.0 Å². The number of fused-ring (bicyclic) bond motifs is 1. The summed E-state index contributed by atoms with van der Waals surface area (Å²) in [6.45, 7) is 3.63. The molecule has 3 rings (SSSR count). The third-order valence-corrected chi connectivity index (χ3v) is 5.82. The number of carbonyl (C=O) groups is 1. The molecule has 0 fully saturated rings. The van der Waals surface area contributed by atoms with Crippen molar-refractivity contribution in [3.63, 3.8) is 0 Å². The fourth-order valence-corrected chi connectivity index (χ4v) is 3.62. The molecule has 10 nitrogen and oxygen atoms in total. The highest BCUT2D eigenvalue weighted by molar-refractivity contribution is 7.90. The lowest BCUT2D eigenvalue weighted by molar-refractivity contribution is -0.384. The van der Waals surface area contributed by atoms with Crippen molar-refractivity contribution in [3.05, 3.63) is 63.2 Å². The Bertz CT molecular complexity index is 1340. The van der Waals surface area contributed by atoms with E-state index in [4.69, 9.17) is 0 Å². The number of nitro groups is 1. The topological polar surface area (TPSA) is 144 Å². The van der Waals surface area contributed by atoms with Crippen molar-refractivity contribution in [2.75, 3.05) is 24.7 Å². The molecule has 1 heterocycles. The molecule has 0 unspecified atom stereocenters. The molecular formula is C20H20FN5O5S. The van der Waals surface area contributed by atoms with Gasteiger partial charge in [0.25, 0.3) is 11.6 Å². The number of amides is 1. The number of rotatable bonds is 7. The van der Waals surface area contributed by atoms with Crippen LogP contribution in [0.15, 0.2) is 35.2 Å². The van der Waals surface area contributed by atoms with Gasteiger partial charge in [-0.2, -0.15) is 0 Å². The van der Waals surface area contributed by atoms with Crippen LogP contribution < -0.4 is 10.6 Å². The Morgan fingerprint density at radius 1 is 1.12 bits per heavy atom. The van der Waals surface area contributed by atoms with Crippen molar-refractivity contribution in [3.8, 4) is 0 Å². The predicted octanol–water partition coefficient (Wildman–Crippen LogP) is 2.54. The maximum atomic E-state index is 14.0. The van der Waals surface area contributed by atoms with E-state index < -0.39 is 32.2 Å². The second-order valence-corrected chi connectivity index (χ2v) is 9.12. The highest BCUT2D eigenvalue weighted by Gasteiger charge is 2.19.